The summed E-state index contributed by atoms with van der Waals surface area (Å²) in [5, 5.41) is 16.4. The molecule has 3 N–H and O–H groups in total. The second-order valence-electron chi connectivity index (χ2n) is 4.90. The van der Waals surface area contributed by atoms with Gasteiger partial charge in [0.15, 0.2) is 5.84 Å². The van der Waals surface area contributed by atoms with Gasteiger partial charge in [-0.15, -0.1) is 0 Å². The Balaban J connectivity index is 2.53. The third-order valence-electron chi connectivity index (χ3n) is 3.63. The van der Waals surface area contributed by atoms with Gasteiger partial charge in [0.25, 0.3) is 0 Å². The van der Waals surface area contributed by atoms with Gasteiger partial charge in [0.2, 0.25) is 0 Å². The van der Waals surface area contributed by atoms with Crippen LogP contribution in [0.3, 0.4) is 0 Å². The summed E-state index contributed by atoms with van der Waals surface area (Å²) >= 11 is 0. The van der Waals surface area contributed by atoms with Crippen LogP contribution in [0.15, 0.2) is 23.4 Å². The first kappa shape index (κ1) is 14.1. The third-order valence-corrected chi connectivity index (χ3v) is 3.63. The zero-order valence-corrected chi connectivity index (χ0v) is 12.3. The van der Waals surface area contributed by atoms with E-state index in [1.807, 2.05) is 36.7 Å². The lowest BCUT2D eigenvalue weighted by atomic mass is 10.1. The van der Waals surface area contributed by atoms with E-state index in [-0.39, 0.29) is 5.84 Å². The number of hydrogen-bond donors (Lipinski definition) is 2. The molecule has 2 aromatic rings. The maximum Gasteiger partial charge on any atom is 0.170 e. The van der Waals surface area contributed by atoms with Crippen molar-refractivity contribution < 1.29 is 5.21 Å². The summed E-state index contributed by atoms with van der Waals surface area (Å²) < 4.78 is 1.94. The standard InChI is InChI=1S/C15H20N4O/c1-5-13-10(3)17-19(11(13)4)12-6-7-14(9(2)8-12)15(16)18-20/h6-8,20H,5H2,1-4H3,(H2,16,18). The fraction of sp³-hybridized carbons (Fsp3) is 0.333. The van der Waals surface area contributed by atoms with Crippen LogP contribution in [-0.2, 0) is 6.42 Å². The second-order valence-corrected chi connectivity index (χ2v) is 4.90. The fourth-order valence-corrected chi connectivity index (χ4v) is 2.56. The molecule has 0 saturated carbocycles. The van der Waals surface area contributed by atoms with Crippen molar-refractivity contribution in [2.24, 2.45) is 10.9 Å². The van der Waals surface area contributed by atoms with Crippen molar-refractivity contribution in [1.82, 2.24) is 9.78 Å². The number of hydrogen-bond acceptors (Lipinski definition) is 3. The molecule has 0 atom stereocenters. The van der Waals surface area contributed by atoms with Gasteiger partial charge in [-0.25, -0.2) is 4.68 Å². The average molecular weight is 272 g/mol. The Labute approximate surface area is 118 Å². The zero-order chi connectivity index (χ0) is 14.9. The Bertz CT molecular complexity index is 671. The Morgan fingerprint density at radius 3 is 2.55 bits per heavy atom. The maximum atomic E-state index is 8.76. The van der Waals surface area contributed by atoms with Gasteiger partial charge >= 0.3 is 0 Å². The predicted octanol–water partition coefficient (Wildman–Crippen LogP) is 2.45. The van der Waals surface area contributed by atoms with Crippen molar-refractivity contribution in [2.45, 2.75) is 34.1 Å². The minimum absolute atomic E-state index is 0.122. The van der Waals surface area contributed by atoms with Crippen molar-refractivity contribution in [3.63, 3.8) is 0 Å². The van der Waals surface area contributed by atoms with Gasteiger partial charge in [0.05, 0.1) is 11.4 Å². The molecule has 20 heavy (non-hydrogen) atoms. The van der Waals surface area contributed by atoms with Crippen molar-refractivity contribution in [3.05, 3.63) is 46.3 Å². The lowest BCUT2D eigenvalue weighted by Crippen LogP contribution is -2.15. The number of nitrogens with zero attached hydrogens (tertiary/aromatic N) is 3. The highest BCUT2D eigenvalue weighted by Crippen LogP contribution is 2.20. The first-order chi connectivity index (χ1) is 9.49. The molecule has 1 heterocycles. The van der Waals surface area contributed by atoms with Crippen LogP contribution in [0.1, 0.15) is 35.0 Å². The average Bonchev–Trinajstić information content (AvgIpc) is 2.72. The van der Waals surface area contributed by atoms with Crippen LogP contribution in [0.5, 0.6) is 0 Å². The molecular formula is C15H20N4O. The van der Waals surface area contributed by atoms with Crippen molar-refractivity contribution in [3.8, 4) is 5.69 Å². The summed E-state index contributed by atoms with van der Waals surface area (Å²) in [4.78, 5) is 0. The largest absolute Gasteiger partial charge is 0.409 e. The first-order valence-corrected chi connectivity index (χ1v) is 6.63. The summed E-state index contributed by atoms with van der Waals surface area (Å²) in [6, 6.07) is 5.77. The maximum absolute atomic E-state index is 8.76. The van der Waals surface area contributed by atoms with Crippen LogP contribution in [0.2, 0.25) is 0 Å². The molecule has 5 nitrogen and oxygen atoms in total. The minimum atomic E-state index is 0.122. The minimum Gasteiger partial charge on any atom is -0.409 e. The first-order valence-electron chi connectivity index (χ1n) is 6.63. The van der Waals surface area contributed by atoms with Crippen molar-refractivity contribution in [1.29, 1.82) is 0 Å². The topological polar surface area (TPSA) is 76.4 Å². The molecule has 0 radical (unpaired) electrons. The van der Waals surface area contributed by atoms with E-state index in [0.29, 0.717) is 0 Å². The van der Waals surface area contributed by atoms with Crippen LogP contribution in [0.4, 0.5) is 0 Å². The molecule has 0 saturated heterocycles. The van der Waals surface area contributed by atoms with Gasteiger partial charge in [-0.1, -0.05) is 12.1 Å². The molecule has 0 aliphatic rings. The van der Waals surface area contributed by atoms with Gasteiger partial charge in [-0.05, 0) is 56.5 Å². The molecule has 0 bridgehead atoms. The number of rotatable bonds is 3. The van der Waals surface area contributed by atoms with Gasteiger partial charge < -0.3 is 10.9 Å². The molecule has 0 spiro atoms. The summed E-state index contributed by atoms with van der Waals surface area (Å²) in [6.45, 7) is 8.17. The monoisotopic (exact) mass is 272 g/mol. The van der Waals surface area contributed by atoms with Crippen LogP contribution in [0, 0.1) is 20.8 Å². The number of nitrogens with two attached hydrogens (primary N) is 1. The van der Waals surface area contributed by atoms with Gasteiger partial charge in [-0.3, -0.25) is 0 Å². The lowest BCUT2D eigenvalue weighted by molar-refractivity contribution is 0.318. The Morgan fingerprint density at radius 1 is 1.35 bits per heavy atom. The number of aromatic nitrogens is 2. The molecule has 5 heteroatoms. The molecule has 106 valence electrons. The molecular weight excluding hydrogens is 252 g/mol. The molecule has 1 aromatic heterocycles. The molecule has 1 aromatic carbocycles. The molecule has 0 amide bonds. The Kier molecular flexibility index (Phi) is 3.79. The SMILES string of the molecule is CCc1c(C)nn(-c2ccc(/C(N)=N/O)c(C)c2)c1C. The van der Waals surface area contributed by atoms with E-state index in [9.17, 15) is 0 Å². The highest BCUT2D eigenvalue weighted by Gasteiger charge is 2.12. The molecule has 0 aliphatic heterocycles. The van der Waals surface area contributed by atoms with Crippen LogP contribution < -0.4 is 5.73 Å². The normalized spacial score (nSPS) is 11.9. The predicted molar refractivity (Wildman–Crippen MR) is 79.7 cm³/mol. The van der Waals surface area contributed by atoms with E-state index >= 15 is 0 Å². The summed E-state index contributed by atoms with van der Waals surface area (Å²) in [5.74, 6) is 0.122. The molecule has 0 aliphatic carbocycles. The lowest BCUT2D eigenvalue weighted by Gasteiger charge is -2.09. The highest BCUT2D eigenvalue weighted by molar-refractivity contribution is 5.98. The summed E-state index contributed by atoms with van der Waals surface area (Å²) in [6.07, 6.45) is 0.971. The van der Waals surface area contributed by atoms with Crippen molar-refractivity contribution in [2.75, 3.05) is 0 Å². The molecule has 0 unspecified atom stereocenters. The number of benzene rings is 1. The zero-order valence-electron chi connectivity index (χ0n) is 12.3. The smallest absolute Gasteiger partial charge is 0.170 e. The fourth-order valence-electron chi connectivity index (χ4n) is 2.56. The summed E-state index contributed by atoms with van der Waals surface area (Å²) in [7, 11) is 0. The van der Waals surface area contributed by atoms with E-state index in [0.717, 1.165) is 34.6 Å². The second kappa shape index (κ2) is 5.36. The summed E-state index contributed by atoms with van der Waals surface area (Å²) in [5.41, 5.74) is 11.8. The van der Waals surface area contributed by atoms with E-state index in [4.69, 9.17) is 10.9 Å². The van der Waals surface area contributed by atoms with Gasteiger partial charge in [0, 0.05) is 11.3 Å². The van der Waals surface area contributed by atoms with E-state index in [1.165, 1.54) is 5.56 Å². The van der Waals surface area contributed by atoms with Crippen LogP contribution in [-0.4, -0.2) is 20.8 Å². The molecule has 2 rings (SSSR count). The third kappa shape index (κ3) is 2.27. The van der Waals surface area contributed by atoms with E-state index < -0.39 is 0 Å². The number of amidine groups is 1. The highest BCUT2D eigenvalue weighted by atomic mass is 16.4. The van der Waals surface area contributed by atoms with E-state index in [1.54, 1.807) is 0 Å². The van der Waals surface area contributed by atoms with E-state index in [2.05, 4.69) is 24.1 Å². The number of oxime groups is 1. The number of aryl methyl sites for hydroxylation is 2. The molecule has 0 fully saturated rings. The van der Waals surface area contributed by atoms with Crippen LogP contribution >= 0.6 is 0 Å². The quantitative estimate of drug-likeness (QED) is 0.390. The van der Waals surface area contributed by atoms with Gasteiger partial charge in [-0.2, -0.15) is 5.10 Å². The van der Waals surface area contributed by atoms with Crippen LogP contribution in [0.25, 0.3) is 5.69 Å². The van der Waals surface area contributed by atoms with Crippen molar-refractivity contribution >= 4 is 5.84 Å². The van der Waals surface area contributed by atoms with Gasteiger partial charge in [0.1, 0.15) is 0 Å². The Hall–Kier alpha value is -2.30. The Morgan fingerprint density at radius 2 is 2.05 bits per heavy atom.